The third-order valence-electron chi connectivity index (χ3n) is 3.91. The van der Waals surface area contributed by atoms with E-state index in [1.165, 1.54) is 17.7 Å². The van der Waals surface area contributed by atoms with E-state index in [1.54, 1.807) is 22.2 Å². The Morgan fingerprint density at radius 2 is 2.26 bits per heavy atom. The van der Waals surface area contributed by atoms with Crippen LogP contribution in [0.4, 0.5) is 0 Å². The van der Waals surface area contributed by atoms with Crippen LogP contribution >= 0.6 is 22.9 Å². The molecule has 0 saturated carbocycles. The van der Waals surface area contributed by atoms with Crippen molar-refractivity contribution in [2.24, 2.45) is 0 Å². The Kier molecular flexibility index (Phi) is 3.64. The number of rotatable bonds is 3. The third-order valence-corrected chi connectivity index (χ3v) is 6.77. The van der Waals surface area contributed by atoms with Gasteiger partial charge in [0.1, 0.15) is 17.0 Å². The van der Waals surface area contributed by atoms with Gasteiger partial charge in [0, 0.05) is 27.0 Å². The highest BCUT2D eigenvalue weighted by Crippen LogP contribution is 2.33. The second-order valence-corrected chi connectivity index (χ2v) is 8.43. The van der Waals surface area contributed by atoms with Gasteiger partial charge in [0.15, 0.2) is 0 Å². The molecule has 0 fully saturated rings. The molecule has 6 nitrogen and oxygen atoms in total. The summed E-state index contributed by atoms with van der Waals surface area (Å²) < 4.78 is 31.0. The van der Waals surface area contributed by atoms with Crippen LogP contribution in [0, 0.1) is 0 Å². The van der Waals surface area contributed by atoms with Crippen LogP contribution in [0.25, 0.3) is 10.1 Å². The fraction of sp³-hybridized carbons (Fsp3) is 0.286. The Labute approximate surface area is 142 Å². The largest absolute Gasteiger partial charge is 0.248 e. The van der Waals surface area contributed by atoms with E-state index in [0.29, 0.717) is 22.7 Å². The first-order valence-electron chi connectivity index (χ1n) is 7.11. The number of nitrogens with zero attached hydrogens (tertiary/aromatic N) is 3. The molecule has 0 bridgehead atoms. The van der Waals surface area contributed by atoms with Crippen molar-refractivity contribution >= 4 is 43.0 Å². The molecule has 1 aliphatic rings. The molecule has 0 radical (unpaired) electrons. The van der Waals surface area contributed by atoms with Gasteiger partial charge in [-0.2, -0.15) is 5.10 Å². The summed E-state index contributed by atoms with van der Waals surface area (Å²) in [4.78, 5) is 4.45. The molecule has 3 heterocycles. The molecule has 0 amide bonds. The number of hydrogen-bond donors (Lipinski definition) is 1. The van der Waals surface area contributed by atoms with Gasteiger partial charge in [-0.1, -0.05) is 11.6 Å². The molecule has 2 aromatic heterocycles. The molecule has 9 heteroatoms. The van der Waals surface area contributed by atoms with Crippen molar-refractivity contribution in [3.8, 4) is 0 Å². The number of sulfonamides is 1. The fourth-order valence-corrected chi connectivity index (χ4v) is 5.71. The average Bonchev–Trinajstić information content (AvgIpc) is 3.13. The lowest BCUT2D eigenvalue weighted by Crippen LogP contribution is -2.33. The summed E-state index contributed by atoms with van der Waals surface area (Å²) in [7, 11) is -3.66. The second kappa shape index (κ2) is 5.55. The van der Waals surface area contributed by atoms with Crippen LogP contribution in [-0.2, 0) is 16.6 Å². The van der Waals surface area contributed by atoms with Gasteiger partial charge in [0.2, 0.25) is 10.0 Å². The van der Waals surface area contributed by atoms with Gasteiger partial charge in [0.05, 0.1) is 6.04 Å². The molecule has 1 aromatic carbocycles. The van der Waals surface area contributed by atoms with Gasteiger partial charge >= 0.3 is 0 Å². The highest BCUT2D eigenvalue weighted by Gasteiger charge is 2.29. The standard InChI is InChI=1S/C14H13ClN4O2S2/c15-9-3-4-12-10(6-9)13(7-22-12)23(20,21)18-11-2-1-5-19-14(11)16-8-17-19/h3-4,6-8,11,18H,1-2,5H2/t11-/m1/s1. The van der Waals surface area contributed by atoms with Crippen LogP contribution in [-0.4, -0.2) is 23.2 Å². The van der Waals surface area contributed by atoms with Gasteiger partial charge in [-0.25, -0.2) is 22.8 Å². The van der Waals surface area contributed by atoms with Crippen LogP contribution in [0.5, 0.6) is 0 Å². The van der Waals surface area contributed by atoms with Crippen molar-refractivity contribution in [1.29, 1.82) is 0 Å². The van der Waals surface area contributed by atoms with Crippen molar-refractivity contribution in [2.75, 3.05) is 0 Å². The lowest BCUT2D eigenvalue weighted by atomic mass is 10.1. The monoisotopic (exact) mass is 368 g/mol. The summed E-state index contributed by atoms with van der Waals surface area (Å²) in [6, 6.07) is 4.92. The topological polar surface area (TPSA) is 76.9 Å². The van der Waals surface area contributed by atoms with E-state index in [-0.39, 0.29) is 10.9 Å². The van der Waals surface area contributed by atoms with Crippen molar-refractivity contribution in [3.05, 3.63) is 40.8 Å². The summed E-state index contributed by atoms with van der Waals surface area (Å²) in [5.41, 5.74) is 0. The van der Waals surface area contributed by atoms with Crippen LogP contribution in [0.15, 0.2) is 34.8 Å². The number of hydrogen-bond acceptors (Lipinski definition) is 5. The van der Waals surface area contributed by atoms with Crippen molar-refractivity contribution in [2.45, 2.75) is 30.3 Å². The van der Waals surface area contributed by atoms with E-state index < -0.39 is 10.0 Å². The molecule has 0 spiro atoms. The molecular weight excluding hydrogens is 356 g/mol. The third kappa shape index (κ3) is 2.65. The molecule has 1 aliphatic heterocycles. The van der Waals surface area contributed by atoms with Gasteiger partial charge in [-0.15, -0.1) is 11.3 Å². The van der Waals surface area contributed by atoms with Crippen LogP contribution in [0.1, 0.15) is 24.7 Å². The molecule has 1 atom stereocenters. The number of fused-ring (bicyclic) bond motifs is 2. The summed E-state index contributed by atoms with van der Waals surface area (Å²) in [5, 5.41) is 6.93. The van der Waals surface area contributed by atoms with Gasteiger partial charge in [0.25, 0.3) is 0 Å². The minimum absolute atomic E-state index is 0.261. The lowest BCUT2D eigenvalue weighted by molar-refractivity contribution is 0.400. The number of aryl methyl sites for hydroxylation is 1. The zero-order valence-corrected chi connectivity index (χ0v) is 14.3. The van der Waals surface area contributed by atoms with E-state index in [2.05, 4.69) is 14.8 Å². The lowest BCUT2D eigenvalue weighted by Gasteiger charge is -2.22. The molecule has 120 valence electrons. The molecule has 3 aromatic rings. The predicted octanol–water partition coefficient (Wildman–Crippen LogP) is 2.96. The normalized spacial score (nSPS) is 18.2. The average molecular weight is 369 g/mol. The quantitative estimate of drug-likeness (QED) is 0.771. The molecular formula is C14H13ClN4O2S2. The van der Waals surface area contributed by atoms with Crippen molar-refractivity contribution < 1.29 is 8.42 Å². The van der Waals surface area contributed by atoms with Gasteiger partial charge < -0.3 is 0 Å². The van der Waals surface area contributed by atoms with E-state index in [1.807, 2.05) is 6.07 Å². The Balaban J connectivity index is 1.72. The zero-order valence-electron chi connectivity index (χ0n) is 11.9. The number of halogens is 1. The van der Waals surface area contributed by atoms with Crippen LogP contribution in [0.3, 0.4) is 0 Å². The first kappa shape index (κ1) is 15.1. The number of benzene rings is 1. The summed E-state index contributed by atoms with van der Waals surface area (Å²) in [5.74, 6) is 0.664. The maximum atomic E-state index is 12.8. The fourth-order valence-electron chi connectivity index (χ4n) is 2.84. The maximum Gasteiger partial charge on any atom is 0.242 e. The first-order valence-corrected chi connectivity index (χ1v) is 9.85. The SMILES string of the molecule is O=S(=O)(N[C@@H]1CCCn2ncnc21)c1csc2ccc(Cl)cc12. The van der Waals surface area contributed by atoms with E-state index in [0.717, 1.165) is 17.7 Å². The Hall–Kier alpha value is -1.48. The number of nitrogens with one attached hydrogen (secondary N) is 1. The Morgan fingerprint density at radius 3 is 3.13 bits per heavy atom. The molecule has 1 N–H and O–H groups in total. The molecule has 0 aliphatic carbocycles. The minimum Gasteiger partial charge on any atom is -0.248 e. The Bertz CT molecular complexity index is 980. The van der Waals surface area contributed by atoms with E-state index in [4.69, 9.17) is 11.6 Å². The van der Waals surface area contributed by atoms with Crippen LogP contribution in [0.2, 0.25) is 5.02 Å². The smallest absolute Gasteiger partial charge is 0.242 e. The van der Waals surface area contributed by atoms with Crippen molar-refractivity contribution in [3.63, 3.8) is 0 Å². The number of aromatic nitrogens is 3. The molecule has 0 unspecified atom stereocenters. The summed E-state index contributed by atoms with van der Waals surface area (Å²) in [6.07, 6.45) is 3.03. The molecule has 4 rings (SSSR count). The Morgan fingerprint density at radius 1 is 1.39 bits per heavy atom. The zero-order chi connectivity index (χ0) is 16.0. The summed E-state index contributed by atoms with van der Waals surface area (Å²) >= 11 is 7.40. The van der Waals surface area contributed by atoms with Crippen LogP contribution < -0.4 is 4.72 Å². The van der Waals surface area contributed by atoms with E-state index in [9.17, 15) is 8.42 Å². The highest BCUT2D eigenvalue weighted by atomic mass is 35.5. The first-order chi connectivity index (χ1) is 11.0. The second-order valence-electron chi connectivity index (χ2n) is 5.40. The summed E-state index contributed by atoms with van der Waals surface area (Å²) in [6.45, 7) is 0.768. The van der Waals surface area contributed by atoms with Crippen molar-refractivity contribution in [1.82, 2.24) is 19.5 Å². The van der Waals surface area contributed by atoms with Gasteiger partial charge in [-0.3, -0.25) is 0 Å². The minimum atomic E-state index is -3.66. The molecule has 23 heavy (non-hydrogen) atoms. The molecule has 0 saturated heterocycles. The number of thiophene rings is 1. The highest BCUT2D eigenvalue weighted by molar-refractivity contribution is 7.90. The van der Waals surface area contributed by atoms with Gasteiger partial charge in [-0.05, 0) is 31.0 Å². The predicted molar refractivity (Wildman–Crippen MR) is 89.2 cm³/mol. The van der Waals surface area contributed by atoms with E-state index >= 15 is 0 Å². The maximum absolute atomic E-state index is 12.8.